The Bertz CT molecular complexity index is 604. The van der Waals surface area contributed by atoms with E-state index in [1.54, 1.807) is 13.2 Å². The molecular weight excluding hydrogens is 322 g/mol. The second kappa shape index (κ2) is 4.90. The summed E-state index contributed by atoms with van der Waals surface area (Å²) in [4.78, 5) is 14.9. The standard InChI is InChI=1S/C15H16BrNO3/c1-9-6-10-13(16)11(7-12(19-2)14(10)20-9)15(17-8-18)4-3-5-15/h7,9H,3-6H2,1-2H3. The number of rotatable bonds is 3. The van der Waals surface area contributed by atoms with Gasteiger partial charge in [-0.2, -0.15) is 4.99 Å². The van der Waals surface area contributed by atoms with Gasteiger partial charge >= 0.3 is 0 Å². The van der Waals surface area contributed by atoms with Crippen LogP contribution in [0.1, 0.15) is 37.3 Å². The fraction of sp³-hybridized carbons (Fsp3) is 0.533. The van der Waals surface area contributed by atoms with Gasteiger partial charge in [-0.1, -0.05) is 0 Å². The Morgan fingerprint density at radius 3 is 2.85 bits per heavy atom. The molecule has 1 aromatic carbocycles. The highest BCUT2D eigenvalue weighted by atomic mass is 79.9. The summed E-state index contributed by atoms with van der Waals surface area (Å²) in [5.74, 6) is 1.52. The fourth-order valence-corrected chi connectivity index (χ4v) is 3.87. The van der Waals surface area contributed by atoms with Crippen molar-refractivity contribution in [3.8, 4) is 11.5 Å². The molecule has 0 bridgehead atoms. The quantitative estimate of drug-likeness (QED) is 0.626. The van der Waals surface area contributed by atoms with Crippen molar-refractivity contribution in [3.63, 3.8) is 0 Å². The lowest BCUT2D eigenvalue weighted by molar-refractivity contribution is 0.241. The highest BCUT2D eigenvalue weighted by Crippen LogP contribution is 2.53. The van der Waals surface area contributed by atoms with Crippen LogP contribution in [0.25, 0.3) is 0 Å². The largest absolute Gasteiger partial charge is 0.493 e. The summed E-state index contributed by atoms with van der Waals surface area (Å²) >= 11 is 3.68. The molecule has 106 valence electrons. The van der Waals surface area contributed by atoms with Gasteiger partial charge in [0.2, 0.25) is 6.08 Å². The Labute approximate surface area is 126 Å². The summed E-state index contributed by atoms with van der Waals surface area (Å²) in [5, 5.41) is 0. The number of halogens is 1. The average Bonchev–Trinajstić information content (AvgIpc) is 2.77. The van der Waals surface area contributed by atoms with Crippen LogP contribution in [0, 0.1) is 0 Å². The molecule has 4 nitrogen and oxygen atoms in total. The number of ether oxygens (including phenoxy) is 2. The molecule has 3 rings (SSSR count). The Hall–Kier alpha value is -1.32. The van der Waals surface area contributed by atoms with Crippen LogP contribution in [-0.2, 0) is 16.8 Å². The monoisotopic (exact) mass is 337 g/mol. The third kappa shape index (κ3) is 1.88. The Morgan fingerprint density at radius 2 is 2.30 bits per heavy atom. The van der Waals surface area contributed by atoms with Crippen molar-refractivity contribution in [3.05, 3.63) is 21.7 Å². The van der Waals surface area contributed by atoms with E-state index in [9.17, 15) is 4.79 Å². The smallest absolute Gasteiger partial charge is 0.235 e. The maximum Gasteiger partial charge on any atom is 0.235 e. The molecule has 2 aliphatic rings. The molecule has 1 aliphatic heterocycles. The normalized spacial score (nSPS) is 22.2. The molecule has 1 aliphatic carbocycles. The van der Waals surface area contributed by atoms with E-state index in [0.29, 0.717) is 0 Å². The van der Waals surface area contributed by atoms with Crippen molar-refractivity contribution in [2.45, 2.75) is 44.2 Å². The second-order valence-corrected chi connectivity index (χ2v) is 6.26. The van der Waals surface area contributed by atoms with Gasteiger partial charge in [0.1, 0.15) is 6.10 Å². The van der Waals surface area contributed by atoms with Crippen LogP contribution in [0.15, 0.2) is 15.5 Å². The SMILES string of the molecule is COc1cc(C2(N=C=O)CCC2)c(Br)c2c1OC(C)C2. The van der Waals surface area contributed by atoms with Crippen LogP contribution in [0.2, 0.25) is 0 Å². The summed E-state index contributed by atoms with van der Waals surface area (Å²) in [6, 6.07) is 1.95. The van der Waals surface area contributed by atoms with Gasteiger partial charge in [-0.25, -0.2) is 4.79 Å². The number of benzene rings is 1. The minimum absolute atomic E-state index is 0.136. The van der Waals surface area contributed by atoms with Crippen molar-refractivity contribution >= 4 is 22.0 Å². The number of hydrogen-bond donors (Lipinski definition) is 0. The Morgan fingerprint density at radius 1 is 1.55 bits per heavy atom. The first-order valence-electron chi connectivity index (χ1n) is 6.77. The van der Waals surface area contributed by atoms with E-state index in [2.05, 4.69) is 20.9 Å². The van der Waals surface area contributed by atoms with Crippen LogP contribution < -0.4 is 9.47 Å². The first-order chi connectivity index (χ1) is 9.61. The lowest BCUT2D eigenvalue weighted by Gasteiger charge is -2.38. The van der Waals surface area contributed by atoms with Gasteiger partial charge in [-0.05, 0) is 53.7 Å². The van der Waals surface area contributed by atoms with Crippen molar-refractivity contribution in [2.75, 3.05) is 7.11 Å². The van der Waals surface area contributed by atoms with Crippen LogP contribution >= 0.6 is 15.9 Å². The molecule has 0 saturated heterocycles. The van der Waals surface area contributed by atoms with Crippen LogP contribution in [0.4, 0.5) is 0 Å². The second-order valence-electron chi connectivity index (χ2n) is 5.47. The number of carbonyl (C=O) groups excluding carboxylic acids is 1. The molecule has 1 fully saturated rings. The molecule has 0 N–H and O–H groups in total. The predicted molar refractivity (Wildman–Crippen MR) is 78.1 cm³/mol. The number of fused-ring (bicyclic) bond motifs is 1. The van der Waals surface area contributed by atoms with E-state index >= 15 is 0 Å². The number of isocyanates is 1. The van der Waals surface area contributed by atoms with Gasteiger partial charge < -0.3 is 9.47 Å². The van der Waals surface area contributed by atoms with Crippen molar-refractivity contribution in [1.29, 1.82) is 0 Å². The van der Waals surface area contributed by atoms with E-state index in [-0.39, 0.29) is 6.10 Å². The van der Waals surface area contributed by atoms with Gasteiger partial charge in [0.15, 0.2) is 11.5 Å². The average molecular weight is 338 g/mol. The third-order valence-electron chi connectivity index (χ3n) is 4.25. The van der Waals surface area contributed by atoms with Gasteiger partial charge in [0.05, 0.1) is 12.6 Å². The molecule has 1 atom stereocenters. The topological polar surface area (TPSA) is 47.9 Å². The molecule has 1 unspecified atom stereocenters. The first-order valence-corrected chi connectivity index (χ1v) is 7.56. The molecule has 0 amide bonds. The van der Waals surface area contributed by atoms with E-state index in [4.69, 9.17) is 9.47 Å². The maximum absolute atomic E-state index is 10.8. The highest BCUT2D eigenvalue weighted by molar-refractivity contribution is 9.10. The lowest BCUT2D eigenvalue weighted by atomic mass is 9.72. The summed E-state index contributed by atoms with van der Waals surface area (Å²) in [7, 11) is 1.64. The number of methoxy groups -OCH3 is 1. The summed E-state index contributed by atoms with van der Waals surface area (Å²) in [5.41, 5.74) is 1.69. The Kier molecular flexibility index (Phi) is 3.35. The summed E-state index contributed by atoms with van der Waals surface area (Å²) in [6.45, 7) is 2.04. The van der Waals surface area contributed by atoms with Crippen LogP contribution in [-0.4, -0.2) is 19.3 Å². The highest BCUT2D eigenvalue weighted by Gasteiger charge is 2.42. The molecule has 0 spiro atoms. The van der Waals surface area contributed by atoms with E-state index in [1.165, 1.54) is 0 Å². The minimum atomic E-state index is -0.436. The van der Waals surface area contributed by atoms with E-state index < -0.39 is 5.54 Å². The van der Waals surface area contributed by atoms with Gasteiger partial charge in [0.25, 0.3) is 0 Å². The number of hydrogen-bond acceptors (Lipinski definition) is 4. The molecule has 1 aromatic rings. The van der Waals surface area contributed by atoms with Gasteiger partial charge in [-0.15, -0.1) is 0 Å². The van der Waals surface area contributed by atoms with Gasteiger partial charge in [0, 0.05) is 16.5 Å². The molecule has 1 saturated carbocycles. The molecule has 20 heavy (non-hydrogen) atoms. The molecular formula is C15H16BrNO3. The molecule has 1 heterocycles. The Balaban J connectivity index is 2.18. The minimum Gasteiger partial charge on any atom is -0.493 e. The maximum atomic E-state index is 10.8. The summed E-state index contributed by atoms with van der Waals surface area (Å²) in [6.07, 6.45) is 5.52. The molecule has 0 radical (unpaired) electrons. The zero-order chi connectivity index (χ0) is 14.3. The first kappa shape index (κ1) is 13.7. The lowest BCUT2D eigenvalue weighted by Crippen LogP contribution is -2.32. The predicted octanol–water partition coefficient (Wildman–Crippen LogP) is 3.50. The zero-order valence-electron chi connectivity index (χ0n) is 11.5. The van der Waals surface area contributed by atoms with E-state index in [1.807, 2.05) is 13.0 Å². The van der Waals surface area contributed by atoms with E-state index in [0.717, 1.165) is 52.8 Å². The van der Waals surface area contributed by atoms with Crippen molar-refractivity contribution < 1.29 is 14.3 Å². The zero-order valence-corrected chi connectivity index (χ0v) is 13.1. The fourth-order valence-electron chi connectivity index (χ4n) is 3.04. The van der Waals surface area contributed by atoms with Gasteiger partial charge in [-0.3, -0.25) is 0 Å². The number of aliphatic imine (C=N–C) groups is 1. The van der Waals surface area contributed by atoms with Crippen LogP contribution in [0.5, 0.6) is 11.5 Å². The van der Waals surface area contributed by atoms with Crippen molar-refractivity contribution in [1.82, 2.24) is 0 Å². The molecule has 0 aromatic heterocycles. The third-order valence-corrected chi connectivity index (χ3v) is 5.15. The van der Waals surface area contributed by atoms with Crippen molar-refractivity contribution in [2.24, 2.45) is 4.99 Å². The molecule has 5 heteroatoms. The number of nitrogens with zero attached hydrogens (tertiary/aromatic N) is 1. The van der Waals surface area contributed by atoms with Crippen LogP contribution in [0.3, 0.4) is 0 Å². The summed E-state index contributed by atoms with van der Waals surface area (Å²) < 4.78 is 12.3.